The summed E-state index contributed by atoms with van der Waals surface area (Å²) in [5, 5.41) is 0. The van der Waals surface area contributed by atoms with Gasteiger partial charge in [-0.3, -0.25) is 0 Å². The first-order valence-electron chi connectivity index (χ1n) is 5.63. The largest absolute Gasteiger partial charge is 0.0805 e. The molecular weight excluding hydrogens is 168 g/mol. The Morgan fingerprint density at radius 3 is 2.64 bits per heavy atom. The molecule has 0 aromatic rings. The van der Waals surface area contributed by atoms with Gasteiger partial charge in [0.15, 0.2) is 0 Å². The molecule has 3 aliphatic carbocycles. The van der Waals surface area contributed by atoms with Crippen LogP contribution in [0.15, 0.2) is 47.6 Å². The van der Waals surface area contributed by atoms with Crippen molar-refractivity contribution in [2.24, 2.45) is 17.8 Å². The number of hydrogen-bond donors (Lipinski definition) is 0. The molecule has 3 rings (SSSR count). The Labute approximate surface area is 85.7 Å². The summed E-state index contributed by atoms with van der Waals surface area (Å²) >= 11 is 0. The average molecular weight is 184 g/mol. The van der Waals surface area contributed by atoms with Gasteiger partial charge in [-0.05, 0) is 35.8 Å². The number of allylic oxidation sites excluding steroid dienone is 8. The van der Waals surface area contributed by atoms with Crippen LogP contribution in [0.25, 0.3) is 0 Å². The fraction of sp³-hybridized carbons (Fsp3) is 0.429. The predicted molar refractivity (Wildman–Crippen MR) is 59.8 cm³/mol. The molecule has 0 saturated heterocycles. The summed E-state index contributed by atoms with van der Waals surface area (Å²) in [4.78, 5) is 0. The molecule has 2 atom stereocenters. The van der Waals surface area contributed by atoms with E-state index in [1.165, 1.54) is 12.8 Å². The van der Waals surface area contributed by atoms with Gasteiger partial charge in [-0.2, -0.15) is 0 Å². The third-order valence-corrected chi connectivity index (χ3v) is 3.56. The second-order valence-corrected chi connectivity index (χ2v) is 4.67. The zero-order valence-corrected chi connectivity index (χ0v) is 8.61. The van der Waals surface area contributed by atoms with E-state index in [-0.39, 0.29) is 0 Å². The second-order valence-electron chi connectivity index (χ2n) is 4.67. The summed E-state index contributed by atoms with van der Waals surface area (Å²) in [6.45, 7) is 2.31. The standard InChI is InChI=1S/C14H16/c1-10-6-9-13(11-7-8-11)14-5-3-2-4-12(10)14/h2-6,9-12H,7-8H2,1H3. The normalized spacial score (nSPS) is 34.9. The van der Waals surface area contributed by atoms with E-state index in [0.717, 1.165) is 5.92 Å². The maximum Gasteiger partial charge on any atom is 0.00842 e. The summed E-state index contributed by atoms with van der Waals surface area (Å²) in [5.41, 5.74) is 3.21. The van der Waals surface area contributed by atoms with Gasteiger partial charge < -0.3 is 0 Å². The zero-order valence-electron chi connectivity index (χ0n) is 8.61. The first-order valence-corrected chi connectivity index (χ1v) is 5.63. The van der Waals surface area contributed by atoms with Gasteiger partial charge in [0, 0.05) is 5.92 Å². The lowest BCUT2D eigenvalue weighted by Crippen LogP contribution is -2.16. The highest BCUT2D eigenvalue weighted by Gasteiger charge is 2.31. The highest BCUT2D eigenvalue weighted by atomic mass is 14.4. The van der Waals surface area contributed by atoms with E-state index in [4.69, 9.17) is 0 Å². The molecule has 0 heteroatoms. The van der Waals surface area contributed by atoms with Crippen molar-refractivity contribution in [3.63, 3.8) is 0 Å². The van der Waals surface area contributed by atoms with Crippen molar-refractivity contribution in [1.82, 2.24) is 0 Å². The van der Waals surface area contributed by atoms with E-state index >= 15 is 0 Å². The molecule has 14 heavy (non-hydrogen) atoms. The van der Waals surface area contributed by atoms with Gasteiger partial charge in [0.05, 0.1) is 0 Å². The topological polar surface area (TPSA) is 0 Å². The lowest BCUT2D eigenvalue weighted by atomic mass is 9.77. The molecule has 3 aliphatic rings. The van der Waals surface area contributed by atoms with E-state index in [1.54, 1.807) is 11.1 Å². The highest BCUT2D eigenvalue weighted by Crippen LogP contribution is 2.44. The predicted octanol–water partition coefficient (Wildman–Crippen LogP) is 3.64. The molecule has 0 heterocycles. The smallest absolute Gasteiger partial charge is 0.00842 e. The molecule has 0 nitrogen and oxygen atoms in total. The molecular formula is C14H16. The first kappa shape index (κ1) is 8.28. The lowest BCUT2D eigenvalue weighted by molar-refractivity contribution is 0.572. The van der Waals surface area contributed by atoms with Gasteiger partial charge in [0.2, 0.25) is 0 Å². The number of hydrogen-bond acceptors (Lipinski definition) is 0. The van der Waals surface area contributed by atoms with Crippen LogP contribution in [0.2, 0.25) is 0 Å². The van der Waals surface area contributed by atoms with Crippen LogP contribution >= 0.6 is 0 Å². The Hall–Kier alpha value is -1.04. The van der Waals surface area contributed by atoms with E-state index < -0.39 is 0 Å². The highest BCUT2D eigenvalue weighted by molar-refractivity contribution is 5.47. The molecule has 0 aromatic carbocycles. The minimum Gasteiger partial charge on any atom is -0.0805 e. The summed E-state index contributed by atoms with van der Waals surface area (Å²) in [7, 11) is 0. The van der Waals surface area contributed by atoms with Crippen LogP contribution in [0.3, 0.4) is 0 Å². The quantitative estimate of drug-likeness (QED) is 0.583. The SMILES string of the molecule is CC1C=CC(C2CC2)=C2C=CC=CC21. The molecule has 72 valence electrons. The van der Waals surface area contributed by atoms with Gasteiger partial charge in [-0.15, -0.1) is 0 Å². The zero-order chi connectivity index (χ0) is 9.54. The molecule has 0 radical (unpaired) electrons. The third kappa shape index (κ3) is 1.21. The van der Waals surface area contributed by atoms with E-state index in [0.29, 0.717) is 11.8 Å². The molecule has 2 unspecified atom stereocenters. The number of fused-ring (bicyclic) bond motifs is 1. The van der Waals surface area contributed by atoms with Gasteiger partial charge in [0.1, 0.15) is 0 Å². The van der Waals surface area contributed by atoms with E-state index in [1.807, 2.05) is 0 Å². The Balaban J connectivity index is 2.05. The van der Waals surface area contributed by atoms with Crippen molar-refractivity contribution in [2.45, 2.75) is 19.8 Å². The van der Waals surface area contributed by atoms with Gasteiger partial charge in [-0.1, -0.05) is 43.4 Å². The maximum atomic E-state index is 2.38. The van der Waals surface area contributed by atoms with Crippen molar-refractivity contribution < 1.29 is 0 Å². The fourth-order valence-electron chi connectivity index (χ4n) is 2.54. The number of rotatable bonds is 1. The summed E-state index contributed by atoms with van der Waals surface area (Å²) in [5.74, 6) is 2.21. The Morgan fingerprint density at radius 1 is 1.00 bits per heavy atom. The van der Waals surface area contributed by atoms with Crippen molar-refractivity contribution >= 4 is 0 Å². The molecule has 0 bridgehead atoms. The molecule has 0 spiro atoms. The van der Waals surface area contributed by atoms with Crippen LogP contribution in [0.5, 0.6) is 0 Å². The second kappa shape index (κ2) is 2.98. The average Bonchev–Trinajstić information content (AvgIpc) is 3.03. The van der Waals surface area contributed by atoms with Crippen LogP contribution in [-0.4, -0.2) is 0 Å². The fourth-order valence-corrected chi connectivity index (χ4v) is 2.54. The molecule has 0 N–H and O–H groups in total. The summed E-state index contributed by atoms with van der Waals surface area (Å²) in [6.07, 6.45) is 16.6. The van der Waals surface area contributed by atoms with Gasteiger partial charge in [0.25, 0.3) is 0 Å². The monoisotopic (exact) mass is 184 g/mol. The Morgan fingerprint density at radius 2 is 1.86 bits per heavy atom. The lowest BCUT2D eigenvalue weighted by Gasteiger charge is -2.28. The minimum atomic E-state index is 0.653. The van der Waals surface area contributed by atoms with E-state index in [2.05, 4.69) is 43.4 Å². The van der Waals surface area contributed by atoms with Gasteiger partial charge >= 0.3 is 0 Å². The van der Waals surface area contributed by atoms with E-state index in [9.17, 15) is 0 Å². The van der Waals surface area contributed by atoms with Gasteiger partial charge in [-0.25, -0.2) is 0 Å². The van der Waals surface area contributed by atoms with Crippen LogP contribution in [0.4, 0.5) is 0 Å². The Bertz CT molecular complexity index is 361. The van der Waals surface area contributed by atoms with Crippen LogP contribution in [0, 0.1) is 17.8 Å². The molecule has 0 amide bonds. The molecule has 0 aromatic heterocycles. The van der Waals surface area contributed by atoms with Crippen molar-refractivity contribution in [3.8, 4) is 0 Å². The third-order valence-electron chi connectivity index (χ3n) is 3.56. The molecule has 1 fully saturated rings. The Kier molecular flexibility index (Phi) is 1.76. The molecule has 1 saturated carbocycles. The first-order chi connectivity index (χ1) is 6.86. The van der Waals surface area contributed by atoms with Crippen molar-refractivity contribution in [2.75, 3.05) is 0 Å². The van der Waals surface area contributed by atoms with Crippen molar-refractivity contribution in [3.05, 3.63) is 47.6 Å². The van der Waals surface area contributed by atoms with Crippen LogP contribution in [-0.2, 0) is 0 Å². The van der Waals surface area contributed by atoms with Crippen LogP contribution < -0.4 is 0 Å². The maximum absolute atomic E-state index is 2.38. The summed E-state index contributed by atoms with van der Waals surface area (Å²) < 4.78 is 0. The minimum absolute atomic E-state index is 0.653. The van der Waals surface area contributed by atoms with Crippen molar-refractivity contribution in [1.29, 1.82) is 0 Å². The summed E-state index contributed by atoms with van der Waals surface area (Å²) in [6, 6.07) is 0. The van der Waals surface area contributed by atoms with Crippen LogP contribution in [0.1, 0.15) is 19.8 Å². The molecule has 0 aliphatic heterocycles.